The lowest BCUT2D eigenvalue weighted by atomic mass is 10.0. The molecule has 1 aliphatic carbocycles. The second-order valence-corrected chi connectivity index (χ2v) is 4.28. The Morgan fingerprint density at radius 2 is 1.88 bits per heavy atom. The third kappa shape index (κ3) is 2.63. The van der Waals surface area contributed by atoms with Gasteiger partial charge in [-0.15, -0.1) is 0 Å². The van der Waals surface area contributed by atoms with Gasteiger partial charge in [0.15, 0.2) is 0 Å². The Labute approximate surface area is 95.9 Å². The molecule has 86 valence electrons. The maximum Gasteiger partial charge on any atom is 0.118 e. The highest BCUT2D eigenvalue weighted by molar-refractivity contribution is 5.52. The lowest BCUT2D eigenvalue weighted by Crippen LogP contribution is -1.93. The summed E-state index contributed by atoms with van der Waals surface area (Å²) < 4.78 is 18.9. The zero-order valence-corrected chi connectivity index (χ0v) is 9.58. The van der Waals surface area contributed by atoms with E-state index in [2.05, 4.69) is 0 Å². The Morgan fingerprint density at radius 1 is 1.25 bits per heavy atom. The van der Waals surface area contributed by atoms with E-state index >= 15 is 0 Å². The first-order valence-corrected chi connectivity index (χ1v) is 5.81. The molecule has 16 heavy (non-hydrogen) atoms. The van der Waals surface area contributed by atoms with Crippen molar-refractivity contribution in [2.75, 3.05) is 7.11 Å². The monoisotopic (exact) mass is 220 g/mol. The molecule has 1 aliphatic rings. The Hall–Kier alpha value is -1.31. The SMILES string of the molecule is COc1ccc(/C=C(\F)C2CCCC2)cc1. The summed E-state index contributed by atoms with van der Waals surface area (Å²) in [6, 6.07) is 7.47. The van der Waals surface area contributed by atoms with Crippen LogP contribution in [0.15, 0.2) is 30.1 Å². The number of benzene rings is 1. The zero-order chi connectivity index (χ0) is 11.4. The normalized spacial score (nSPS) is 17.8. The lowest BCUT2D eigenvalue weighted by Gasteiger charge is -2.05. The van der Waals surface area contributed by atoms with Crippen LogP contribution < -0.4 is 4.74 Å². The lowest BCUT2D eigenvalue weighted by molar-refractivity contribution is 0.415. The Morgan fingerprint density at radius 3 is 2.44 bits per heavy atom. The molecule has 1 aromatic carbocycles. The summed E-state index contributed by atoms with van der Waals surface area (Å²) in [6.07, 6.45) is 5.97. The summed E-state index contributed by atoms with van der Waals surface area (Å²) in [5.41, 5.74) is 0.908. The number of hydrogen-bond donors (Lipinski definition) is 0. The smallest absolute Gasteiger partial charge is 0.118 e. The minimum atomic E-state index is 0.0302. The molecule has 1 aromatic rings. The summed E-state index contributed by atoms with van der Waals surface area (Å²) in [7, 11) is 1.63. The van der Waals surface area contributed by atoms with Crippen LogP contribution in [0.4, 0.5) is 4.39 Å². The minimum Gasteiger partial charge on any atom is -0.497 e. The fourth-order valence-electron chi connectivity index (χ4n) is 2.18. The molecule has 0 aromatic heterocycles. The van der Waals surface area contributed by atoms with Gasteiger partial charge < -0.3 is 4.74 Å². The topological polar surface area (TPSA) is 9.23 Å². The molecule has 0 heterocycles. The molecule has 0 amide bonds. The third-order valence-electron chi connectivity index (χ3n) is 3.17. The van der Waals surface area contributed by atoms with Crippen LogP contribution in [0, 0.1) is 5.92 Å². The zero-order valence-electron chi connectivity index (χ0n) is 9.58. The molecular weight excluding hydrogens is 203 g/mol. The van der Waals surface area contributed by atoms with Crippen molar-refractivity contribution in [2.24, 2.45) is 5.92 Å². The molecule has 0 spiro atoms. The van der Waals surface area contributed by atoms with Crippen molar-refractivity contribution < 1.29 is 9.13 Å². The van der Waals surface area contributed by atoms with Crippen LogP contribution in [-0.2, 0) is 0 Å². The second kappa shape index (κ2) is 5.15. The molecular formula is C14H17FO. The first kappa shape index (κ1) is 11.2. The second-order valence-electron chi connectivity index (χ2n) is 4.28. The van der Waals surface area contributed by atoms with Crippen LogP contribution in [0.1, 0.15) is 31.2 Å². The minimum absolute atomic E-state index is 0.0302. The van der Waals surface area contributed by atoms with E-state index in [9.17, 15) is 4.39 Å². The van der Waals surface area contributed by atoms with Crippen LogP contribution in [0.5, 0.6) is 5.75 Å². The van der Waals surface area contributed by atoms with E-state index in [1.54, 1.807) is 13.2 Å². The summed E-state index contributed by atoms with van der Waals surface area (Å²) >= 11 is 0. The summed E-state index contributed by atoms with van der Waals surface area (Å²) in [5, 5.41) is 0. The highest BCUT2D eigenvalue weighted by Crippen LogP contribution is 2.32. The fraction of sp³-hybridized carbons (Fsp3) is 0.429. The molecule has 0 bridgehead atoms. The van der Waals surface area contributed by atoms with E-state index in [-0.39, 0.29) is 11.7 Å². The molecule has 2 heteroatoms. The largest absolute Gasteiger partial charge is 0.497 e. The molecule has 2 rings (SSSR count). The molecule has 0 atom stereocenters. The van der Waals surface area contributed by atoms with Crippen molar-refractivity contribution >= 4 is 6.08 Å². The van der Waals surface area contributed by atoms with Gasteiger partial charge in [0.05, 0.1) is 7.11 Å². The Kier molecular flexibility index (Phi) is 3.60. The average molecular weight is 220 g/mol. The van der Waals surface area contributed by atoms with Gasteiger partial charge in [0, 0.05) is 5.92 Å². The standard InChI is InChI=1S/C14H17FO/c1-16-13-8-6-11(7-9-13)10-14(15)12-4-2-3-5-12/h6-10,12H,2-5H2,1H3/b14-10-. The van der Waals surface area contributed by atoms with Crippen molar-refractivity contribution in [3.8, 4) is 5.75 Å². The third-order valence-corrected chi connectivity index (χ3v) is 3.17. The van der Waals surface area contributed by atoms with Crippen LogP contribution in [-0.4, -0.2) is 7.11 Å². The van der Waals surface area contributed by atoms with E-state index in [1.807, 2.05) is 24.3 Å². The number of methoxy groups -OCH3 is 1. The summed E-state index contributed by atoms with van der Waals surface area (Å²) in [4.78, 5) is 0. The molecule has 0 unspecified atom stereocenters. The molecule has 1 saturated carbocycles. The van der Waals surface area contributed by atoms with Crippen LogP contribution in [0.3, 0.4) is 0 Å². The number of halogens is 1. The van der Waals surface area contributed by atoms with Crippen LogP contribution in [0.2, 0.25) is 0 Å². The van der Waals surface area contributed by atoms with Gasteiger partial charge >= 0.3 is 0 Å². The van der Waals surface area contributed by atoms with E-state index in [4.69, 9.17) is 4.74 Å². The fourth-order valence-corrected chi connectivity index (χ4v) is 2.18. The van der Waals surface area contributed by atoms with Crippen molar-refractivity contribution in [1.29, 1.82) is 0 Å². The van der Waals surface area contributed by atoms with Gasteiger partial charge in [-0.1, -0.05) is 25.0 Å². The molecule has 1 fully saturated rings. The molecule has 0 aliphatic heterocycles. The predicted molar refractivity (Wildman–Crippen MR) is 64.0 cm³/mol. The molecule has 0 N–H and O–H groups in total. The van der Waals surface area contributed by atoms with E-state index in [0.29, 0.717) is 0 Å². The van der Waals surface area contributed by atoms with Crippen LogP contribution in [0.25, 0.3) is 6.08 Å². The first-order valence-electron chi connectivity index (χ1n) is 5.81. The van der Waals surface area contributed by atoms with Crippen LogP contribution >= 0.6 is 0 Å². The highest BCUT2D eigenvalue weighted by Gasteiger charge is 2.19. The maximum atomic E-state index is 13.8. The van der Waals surface area contributed by atoms with Crippen molar-refractivity contribution in [2.45, 2.75) is 25.7 Å². The van der Waals surface area contributed by atoms with Gasteiger partial charge in [-0.2, -0.15) is 0 Å². The number of hydrogen-bond acceptors (Lipinski definition) is 1. The molecule has 1 nitrogen and oxygen atoms in total. The number of allylic oxidation sites excluding steroid dienone is 1. The van der Waals surface area contributed by atoms with Gasteiger partial charge in [0.1, 0.15) is 11.6 Å². The number of rotatable bonds is 3. The van der Waals surface area contributed by atoms with E-state index in [1.165, 1.54) is 0 Å². The van der Waals surface area contributed by atoms with Gasteiger partial charge in [-0.05, 0) is 36.6 Å². The Bertz CT molecular complexity index is 361. The summed E-state index contributed by atoms with van der Waals surface area (Å²) in [5.74, 6) is 0.989. The summed E-state index contributed by atoms with van der Waals surface area (Å²) in [6.45, 7) is 0. The van der Waals surface area contributed by atoms with Gasteiger partial charge in [-0.3, -0.25) is 0 Å². The van der Waals surface area contributed by atoms with Gasteiger partial charge in [-0.25, -0.2) is 4.39 Å². The Balaban J connectivity index is 2.08. The molecule has 0 radical (unpaired) electrons. The molecule has 0 saturated heterocycles. The maximum absolute atomic E-state index is 13.8. The van der Waals surface area contributed by atoms with Crippen molar-refractivity contribution in [3.05, 3.63) is 35.7 Å². The highest BCUT2D eigenvalue weighted by atomic mass is 19.1. The van der Waals surface area contributed by atoms with Gasteiger partial charge in [0.25, 0.3) is 0 Å². The van der Waals surface area contributed by atoms with E-state index in [0.717, 1.165) is 37.0 Å². The number of ether oxygens (including phenoxy) is 1. The average Bonchev–Trinajstić information content (AvgIpc) is 2.83. The first-order chi connectivity index (χ1) is 7.79. The quantitative estimate of drug-likeness (QED) is 0.742. The predicted octanol–water partition coefficient (Wildman–Crippen LogP) is 4.20. The van der Waals surface area contributed by atoms with E-state index < -0.39 is 0 Å². The van der Waals surface area contributed by atoms with Gasteiger partial charge in [0.2, 0.25) is 0 Å². The van der Waals surface area contributed by atoms with Crippen molar-refractivity contribution in [3.63, 3.8) is 0 Å². The van der Waals surface area contributed by atoms with Crippen molar-refractivity contribution in [1.82, 2.24) is 0 Å².